The van der Waals surface area contributed by atoms with Gasteiger partial charge >= 0.3 is 0 Å². The number of rotatable bonds is 3. The van der Waals surface area contributed by atoms with Crippen LogP contribution in [-0.2, 0) is 4.79 Å². The second-order valence-electron chi connectivity index (χ2n) is 6.01. The van der Waals surface area contributed by atoms with Crippen LogP contribution in [0.1, 0.15) is 11.1 Å². The van der Waals surface area contributed by atoms with Gasteiger partial charge in [0.2, 0.25) is 6.79 Å². The van der Waals surface area contributed by atoms with Gasteiger partial charge in [-0.2, -0.15) is 0 Å². The van der Waals surface area contributed by atoms with Gasteiger partial charge in [0.1, 0.15) is 5.70 Å². The number of amidine groups is 1. The van der Waals surface area contributed by atoms with Crippen LogP contribution in [0.3, 0.4) is 0 Å². The lowest BCUT2D eigenvalue weighted by Crippen LogP contribution is -2.32. The molecule has 0 saturated carbocycles. The maximum absolute atomic E-state index is 13.2. The van der Waals surface area contributed by atoms with Gasteiger partial charge in [0.05, 0.1) is 0 Å². The zero-order valence-electron chi connectivity index (χ0n) is 14.3. The highest BCUT2D eigenvalue weighted by molar-refractivity contribution is 9.10. The highest BCUT2D eigenvalue weighted by Gasteiger charge is 2.34. The minimum absolute atomic E-state index is 0.205. The highest BCUT2D eigenvalue weighted by atomic mass is 79.9. The van der Waals surface area contributed by atoms with Crippen molar-refractivity contribution in [1.29, 1.82) is 0 Å². The van der Waals surface area contributed by atoms with E-state index in [1.165, 1.54) is 11.3 Å². The molecule has 0 aliphatic carbocycles. The third kappa shape index (κ3) is 2.90. The Balaban J connectivity index is 1.61. The number of fused-ring (bicyclic) bond motifs is 1. The van der Waals surface area contributed by atoms with E-state index in [0.717, 1.165) is 15.6 Å². The molecule has 28 heavy (non-hydrogen) atoms. The van der Waals surface area contributed by atoms with Crippen molar-refractivity contribution in [1.82, 2.24) is 4.98 Å². The third-order valence-electron chi connectivity index (χ3n) is 4.29. The quantitative estimate of drug-likeness (QED) is 0.548. The molecule has 5 rings (SSSR count). The van der Waals surface area contributed by atoms with Gasteiger partial charge in [-0.25, -0.2) is 14.9 Å². The topological polar surface area (TPSA) is 64.0 Å². The van der Waals surface area contributed by atoms with Crippen LogP contribution >= 0.6 is 27.3 Å². The minimum Gasteiger partial charge on any atom is -0.454 e. The number of carbonyl (C=O) groups excluding carboxylic acids is 1. The van der Waals surface area contributed by atoms with Gasteiger partial charge in [0.25, 0.3) is 5.91 Å². The van der Waals surface area contributed by atoms with Crippen LogP contribution in [0.15, 0.2) is 69.2 Å². The van der Waals surface area contributed by atoms with E-state index in [1.54, 1.807) is 17.2 Å². The molecule has 0 bridgehead atoms. The summed E-state index contributed by atoms with van der Waals surface area (Å²) in [5.41, 5.74) is 1.96. The van der Waals surface area contributed by atoms with E-state index in [0.29, 0.717) is 28.2 Å². The summed E-state index contributed by atoms with van der Waals surface area (Å²) in [6.07, 6.45) is 3.42. The molecule has 0 spiro atoms. The van der Waals surface area contributed by atoms with Gasteiger partial charge < -0.3 is 9.47 Å². The maximum Gasteiger partial charge on any atom is 0.284 e. The number of ether oxygens (including phenoxy) is 2. The van der Waals surface area contributed by atoms with E-state index in [2.05, 4.69) is 25.9 Å². The first kappa shape index (κ1) is 17.2. The van der Waals surface area contributed by atoms with Crippen molar-refractivity contribution in [2.75, 3.05) is 11.7 Å². The second kappa shape index (κ2) is 6.88. The molecule has 3 aromatic rings. The molecule has 8 heteroatoms. The average molecular weight is 454 g/mol. The first-order valence-electron chi connectivity index (χ1n) is 8.39. The summed E-state index contributed by atoms with van der Waals surface area (Å²) in [6, 6.07) is 13.2. The number of hydrogen-bond donors (Lipinski definition) is 0. The van der Waals surface area contributed by atoms with Crippen molar-refractivity contribution >= 4 is 50.2 Å². The monoisotopic (exact) mass is 453 g/mol. The zero-order valence-corrected chi connectivity index (χ0v) is 16.7. The van der Waals surface area contributed by atoms with E-state index in [9.17, 15) is 4.79 Å². The molecule has 3 heterocycles. The molecule has 0 fully saturated rings. The lowest BCUT2D eigenvalue weighted by Gasteiger charge is -2.15. The number of aromatic nitrogens is 1. The van der Waals surface area contributed by atoms with Crippen molar-refractivity contribution in [3.8, 4) is 11.5 Å². The molecule has 2 aliphatic heterocycles. The van der Waals surface area contributed by atoms with Crippen molar-refractivity contribution in [2.45, 2.75) is 0 Å². The first-order valence-corrected chi connectivity index (χ1v) is 10.1. The smallest absolute Gasteiger partial charge is 0.284 e. The van der Waals surface area contributed by atoms with Crippen LogP contribution in [0.25, 0.3) is 6.08 Å². The Bertz CT molecular complexity index is 1140. The Kier molecular flexibility index (Phi) is 4.22. The fourth-order valence-electron chi connectivity index (χ4n) is 3.00. The van der Waals surface area contributed by atoms with Gasteiger partial charge in [-0.1, -0.05) is 40.2 Å². The molecule has 1 aromatic heterocycles. The highest BCUT2D eigenvalue weighted by Crippen LogP contribution is 2.35. The van der Waals surface area contributed by atoms with Gasteiger partial charge in [0.15, 0.2) is 22.5 Å². The lowest BCUT2D eigenvalue weighted by atomic mass is 10.1. The van der Waals surface area contributed by atoms with Crippen molar-refractivity contribution in [2.24, 2.45) is 4.99 Å². The third-order valence-corrected chi connectivity index (χ3v) is 5.73. The van der Waals surface area contributed by atoms with Crippen LogP contribution in [0.5, 0.6) is 11.5 Å². The summed E-state index contributed by atoms with van der Waals surface area (Å²) in [5.74, 6) is 1.67. The molecule has 0 saturated heterocycles. The number of benzene rings is 2. The van der Waals surface area contributed by atoms with Crippen molar-refractivity contribution in [3.05, 3.63) is 75.3 Å². The lowest BCUT2D eigenvalue weighted by molar-refractivity contribution is -0.113. The number of hydrogen-bond acceptors (Lipinski definition) is 6. The molecule has 1 amide bonds. The number of amides is 1. The van der Waals surface area contributed by atoms with Gasteiger partial charge in [-0.3, -0.25) is 4.79 Å². The molecule has 138 valence electrons. The normalized spacial score (nSPS) is 16.8. The van der Waals surface area contributed by atoms with E-state index in [1.807, 2.05) is 47.8 Å². The predicted octanol–water partition coefficient (Wildman–Crippen LogP) is 4.47. The van der Waals surface area contributed by atoms with E-state index in [-0.39, 0.29) is 12.7 Å². The molecular weight excluding hydrogens is 442 g/mol. The minimum atomic E-state index is -0.224. The van der Waals surface area contributed by atoms with E-state index in [4.69, 9.17) is 9.47 Å². The number of anilines is 1. The Morgan fingerprint density at radius 3 is 2.82 bits per heavy atom. The Morgan fingerprint density at radius 1 is 1.14 bits per heavy atom. The van der Waals surface area contributed by atoms with Crippen LogP contribution in [0.4, 0.5) is 5.13 Å². The molecule has 0 unspecified atom stereocenters. The molecule has 0 radical (unpaired) electrons. The summed E-state index contributed by atoms with van der Waals surface area (Å²) < 4.78 is 11.6. The largest absolute Gasteiger partial charge is 0.454 e. The van der Waals surface area contributed by atoms with Gasteiger partial charge in [0, 0.05) is 21.6 Å². The predicted molar refractivity (Wildman–Crippen MR) is 111 cm³/mol. The summed E-state index contributed by atoms with van der Waals surface area (Å²) in [6.45, 7) is 0.205. The SMILES string of the molecule is O=C1/C(=C/c2ccc3c(c2)OCO3)N=C(c2ccccc2Br)N1c1nccs1. The van der Waals surface area contributed by atoms with Crippen LogP contribution < -0.4 is 14.4 Å². The maximum atomic E-state index is 13.2. The summed E-state index contributed by atoms with van der Waals surface area (Å²) in [4.78, 5) is 23.7. The zero-order chi connectivity index (χ0) is 19.1. The van der Waals surface area contributed by atoms with E-state index < -0.39 is 0 Å². The van der Waals surface area contributed by atoms with Crippen LogP contribution in [-0.4, -0.2) is 23.5 Å². The molecule has 6 nitrogen and oxygen atoms in total. The average Bonchev–Trinajstić information content (AvgIpc) is 3.43. The Morgan fingerprint density at radius 2 is 2.00 bits per heavy atom. The Hall–Kier alpha value is -2.97. The summed E-state index contributed by atoms with van der Waals surface area (Å²) >= 11 is 4.94. The van der Waals surface area contributed by atoms with Gasteiger partial charge in [-0.05, 0) is 29.8 Å². The number of nitrogens with zero attached hydrogens (tertiary/aromatic N) is 3. The van der Waals surface area contributed by atoms with Crippen molar-refractivity contribution in [3.63, 3.8) is 0 Å². The van der Waals surface area contributed by atoms with Crippen LogP contribution in [0.2, 0.25) is 0 Å². The number of carbonyl (C=O) groups is 1. The first-order chi connectivity index (χ1) is 13.7. The molecule has 0 N–H and O–H groups in total. The van der Waals surface area contributed by atoms with Gasteiger partial charge in [-0.15, -0.1) is 11.3 Å². The number of thiazole rings is 1. The Labute approximate surface area is 172 Å². The van der Waals surface area contributed by atoms with E-state index >= 15 is 0 Å². The second-order valence-corrected chi connectivity index (χ2v) is 7.74. The fraction of sp³-hybridized carbons (Fsp3) is 0.0500. The standard InChI is InChI=1S/C20H12BrN3O3S/c21-14-4-2-1-3-13(14)18-23-15(19(25)24(18)20-22-7-8-28-20)9-12-5-6-16-17(10-12)27-11-26-16/h1-10H,11H2/b15-9-. The molecular formula is C20H12BrN3O3S. The summed E-state index contributed by atoms with van der Waals surface area (Å²) in [5, 5.41) is 2.41. The molecule has 0 atom stereocenters. The van der Waals surface area contributed by atoms with Crippen LogP contribution in [0, 0.1) is 0 Å². The molecule has 2 aromatic carbocycles. The number of halogens is 1. The van der Waals surface area contributed by atoms with Crippen molar-refractivity contribution < 1.29 is 14.3 Å². The summed E-state index contributed by atoms with van der Waals surface area (Å²) in [7, 11) is 0. The fourth-order valence-corrected chi connectivity index (χ4v) is 4.11. The number of aliphatic imine (C=N–C) groups is 1. The molecule has 2 aliphatic rings.